The number of hydrogen-bond donors (Lipinski definition) is 1. The summed E-state index contributed by atoms with van der Waals surface area (Å²) in [5, 5.41) is 3.46. The third-order valence-electron chi connectivity index (χ3n) is 3.10. The Morgan fingerprint density at radius 3 is 2.56 bits per heavy atom. The summed E-state index contributed by atoms with van der Waals surface area (Å²) in [6.07, 6.45) is 0.468. The number of hydrogen-bond acceptors (Lipinski definition) is 3. The second-order valence-corrected chi connectivity index (χ2v) is 5.77. The van der Waals surface area contributed by atoms with E-state index in [1.165, 1.54) is 0 Å². The van der Waals surface area contributed by atoms with E-state index in [0.29, 0.717) is 13.0 Å². The van der Waals surface area contributed by atoms with Gasteiger partial charge in [0, 0.05) is 31.3 Å². The maximum Gasteiger partial charge on any atom is 0.225 e. The SMILES string of the molecule is COCCC(=O)N1CC(C)(C)NCC1(C)C. The van der Waals surface area contributed by atoms with Gasteiger partial charge < -0.3 is 15.0 Å². The van der Waals surface area contributed by atoms with E-state index in [0.717, 1.165) is 13.1 Å². The monoisotopic (exact) mass is 228 g/mol. The van der Waals surface area contributed by atoms with Crippen LogP contribution in [0.5, 0.6) is 0 Å². The van der Waals surface area contributed by atoms with Crippen LogP contribution in [0.4, 0.5) is 0 Å². The maximum absolute atomic E-state index is 12.1. The Bertz CT molecular complexity index is 262. The lowest BCUT2D eigenvalue weighted by atomic mass is 9.91. The largest absolute Gasteiger partial charge is 0.384 e. The predicted molar refractivity (Wildman–Crippen MR) is 64.4 cm³/mol. The van der Waals surface area contributed by atoms with Gasteiger partial charge in [0.25, 0.3) is 0 Å². The molecule has 4 nitrogen and oxygen atoms in total. The van der Waals surface area contributed by atoms with Crippen molar-refractivity contribution in [1.29, 1.82) is 0 Å². The number of nitrogens with zero attached hydrogens (tertiary/aromatic N) is 1. The average Bonchev–Trinajstić information content (AvgIpc) is 2.19. The summed E-state index contributed by atoms with van der Waals surface area (Å²) in [7, 11) is 1.63. The van der Waals surface area contributed by atoms with Gasteiger partial charge in [0.2, 0.25) is 5.91 Å². The molecule has 1 heterocycles. The molecule has 0 radical (unpaired) electrons. The lowest BCUT2D eigenvalue weighted by molar-refractivity contribution is -0.141. The van der Waals surface area contributed by atoms with Crippen LogP contribution in [0.1, 0.15) is 34.1 Å². The van der Waals surface area contributed by atoms with Crippen molar-refractivity contribution in [2.24, 2.45) is 0 Å². The standard InChI is InChI=1S/C12H24N2O2/c1-11(2)9-14(10(15)6-7-16-5)12(3,4)8-13-11/h13H,6-9H2,1-5H3. The fourth-order valence-electron chi connectivity index (χ4n) is 1.97. The first kappa shape index (κ1) is 13.5. The van der Waals surface area contributed by atoms with Crippen LogP contribution in [-0.4, -0.2) is 48.7 Å². The van der Waals surface area contributed by atoms with Crippen molar-refractivity contribution in [3.63, 3.8) is 0 Å². The highest BCUT2D eigenvalue weighted by Crippen LogP contribution is 2.24. The number of methoxy groups -OCH3 is 1. The quantitative estimate of drug-likeness (QED) is 0.784. The van der Waals surface area contributed by atoms with E-state index >= 15 is 0 Å². The van der Waals surface area contributed by atoms with Crippen molar-refractivity contribution < 1.29 is 9.53 Å². The first-order valence-corrected chi connectivity index (χ1v) is 5.83. The lowest BCUT2D eigenvalue weighted by Crippen LogP contribution is -2.67. The van der Waals surface area contributed by atoms with Crippen molar-refractivity contribution in [2.45, 2.75) is 45.2 Å². The van der Waals surface area contributed by atoms with E-state index in [4.69, 9.17) is 4.74 Å². The molecule has 1 rings (SSSR count). The van der Waals surface area contributed by atoms with Crippen LogP contribution in [0.25, 0.3) is 0 Å². The molecule has 0 aromatic heterocycles. The highest BCUT2D eigenvalue weighted by atomic mass is 16.5. The molecule has 1 aliphatic heterocycles. The van der Waals surface area contributed by atoms with Crippen molar-refractivity contribution in [1.82, 2.24) is 10.2 Å². The zero-order valence-electron chi connectivity index (χ0n) is 11.1. The number of piperazine rings is 1. The van der Waals surface area contributed by atoms with Gasteiger partial charge in [-0.1, -0.05) is 0 Å². The Balaban J connectivity index is 2.69. The second-order valence-electron chi connectivity index (χ2n) is 5.77. The highest BCUT2D eigenvalue weighted by Gasteiger charge is 2.39. The van der Waals surface area contributed by atoms with Crippen LogP contribution in [0.15, 0.2) is 0 Å². The Morgan fingerprint density at radius 2 is 2.00 bits per heavy atom. The molecule has 0 atom stereocenters. The van der Waals surface area contributed by atoms with Crippen molar-refractivity contribution in [3.05, 3.63) is 0 Å². The minimum absolute atomic E-state index is 0.00173. The average molecular weight is 228 g/mol. The first-order valence-electron chi connectivity index (χ1n) is 5.83. The zero-order valence-corrected chi connectivity index (χ0v) is 11.1. The molecule has 0 aromatic rings. The molecule has 1 saturated heterocycles. The molecule has 1 fully saturated rings. The first-order chi connectivity index (χ1) is 7.28. The zero-order chi connectivity index (χ0) is 12.4. The molecule has 0 aliphatic carbocycles. The smallest absolute Gasteiger partial charge is 0.225 e. The third-order valence-corrected chi connectivity index (χ3v) is 3.10. The maximum atomic E-state index is 12.1. The molecule has 0 spiro atoms. The Hall–Kier alpha value is -0.610. The van der Waals surface area contributed by atoms with E-state index in [1.54, 1.807) is 7.11 Å². The van der Waals surface area contributed by atoms with Gasteiger partial charge in [0.15, 0.2) is 0 Å². The van der Waals surface area contributed by atoms with E-state index in [-0.39, 0.29) is 17.0 Å². The number of amides is 1. The van der Waals surface area contributed by atoms with Gasteiger partial charge in [-0.25, -0.2) is 0 Å². The van der Waals surface area contributed by atoms with Gasteiger partial charge in [0.1, 0.15) is 0 Å². The normalized spacial score (nSPS) is 23.2. The molecule has 0 aromatic carbocycles. The summed E-state index contributed by atoms with van der Waals surface area (Å²) in [6.45, 7) is 10.5. The topological polar surface area (TPSA) is 41.6 Å². The van der Waals surface area contributed by atoms with Crippen LogP contribution in [0.2, 0.25) is 0 Å². The van der Waals surface area contributed by atoms with E-state index < -0.39 is 0 Å². The number of rotatable bonds is 3. The van der Waals surface area contributed by atoms with Gasteiger partial charge in [-0.2, -0.15) is 0 Å². The molecule has 0 bridgehead atoms. The second kappa shape index (κ2) is 4.72. The van der Waals surface area contributed by atoms with Gasteiger partial charge in [-0.3, -0.25) is 4.79 Å². The molecule has 1 aliphatic rings. The van der Waals surface area contributed by atoms with Crippen LogP contribution >= 0.6 is 0 Å². The summed E-state index contributed by atoms with van der Waals surface area (Å²) in [6, 6.07) is 0. The van der Waals surface area contributed by atoms with Crippen LogP contribution in [-0.2, 0) is 9.53 Å². The molecule has 0 unspecified atom stereocenters. The predicted octanol–water partition coefficient (Wildman–Crippen LogP) is 1.01. The van der Waals surface area contributed by atoms with E-state index in [2.05, 4.69) is 33.0 Å². The van der Waals surface area contributed by atoms with Gasteiger partial charge in [0.05, 0.1) is 13.0 Å². The molecule has 4 heteroatoms. The summed E-state index contributed by atoms with van der Waals surface area (Å²) >= 11 is 0. The third kappa shape index (κ3) is 3.19. The Morgan fingerprint density at radius 1 is 1.38 bits per heavy atom. The molecule has 1 N–H and O–H groups in total. The summed E-state index contributed by atoms with van der Waals surface area (Å²) < 4.78 is 4.96. The number of carbonyl (C=O) groups excluding carboxylic acids is 1. The van der Waals surface area contributed by atoms with Crippen LogP contribution in [0, 0.1) is 0 Å². The number of nitrogens with one attached hydrogen (secondary N) is 1. The fraction of sp³-hybridized carbons (Fsp3) is 0.917. The van der Waals surface area contributed by atoms with Crippen molar-refractivity contribution in [2.75, 3.05) is 26.8 Å². The molecular weight excluding hydrogens is 204 g/mol. The molecule has 16 heavy (non-hydrogen) atoms. The van der Waals surface area contributed by atoms with E-state index in [1.807, 2.05) is 4.90 Å². The Kier molecular flexibility index (Phi) is 3.97. The van der Waals surface area contributed by atoms with Gasteiger partial charge in [-0.05, 0) is 27.7 Å². The van der Waals surface area contributed by atoms with Crippen LogP contribution in [0.3, 0.4) is 0 Å². The minimum atomic E-state index is -0.111. The molecular formula is C12H24N2O2. The lowest BCUT2D eigenvalue weighted by Gasteiger charge is -2.49. The molecule has 94 valence electrons. The minimum Gasteiger partial charge on any atom is -0.384 e. The number of carbonyl (C=O) groups is 1. The van der Waals surface area contributed by atoms with Crippen molar-refractivity contribution >= 4 is 5.91 Å². The summed E-state index contributed by atoms with van der Waals surface area (Å²) in [4.78, 5) is 14.1. The summed E-state index contributed by atoms with van der Waals surface area (Å²) in [5.41, 5.74) is -0.113. The van der Waals surface area contributed by atoms with Gasteiger partial charge in [-0.15, -0.1) is 0 Å². The highest BCUT2D eigenvalue weighted by molar-refractivity contribution is 5.77. The summed E-state index contributed by atoms with van der Waals surface area (Å²) in [5.74, 6) is 0.182. The van der Waals surface area contributed by atoms with Crippen LogP contribution < -0.4 is 5.32 Å². The Labute approximate surface area is 98.3 Å². The number of ether oxygens (including phenoxy) is 1. The van der Waals surface area contributed by atoms with Gasteiger partial charge >= 0.3 is 0 Å². The van der Waals surface area contributed by atoms with E-state index in [9.17, 15) is 4.79 Å². The van der Waals surface area contributed by atoms with Crippen molar-refractivity contribution in [3.8, 4) is 0 Å². The molecule has 0 saturated carbocycles. The fourth-order valence-corrected chi connectivity index (χ4v) is 1.97. The molecule has 1 amide bonds.